The molecule has 0 atom stereocenters. The Labute approximate surface area is 102 Å². The molecule has 2 aromatic rings. The number of benzene rings is 1. The summed E-state index contributed by atoms with van der Waals surface area (Å²) < 4.78 is 0. The monoisotopic (exact) mass is 256 g/mol. The molecule has 0 unspecified atom stereocenters. The summed E-state index contributed by atoms with van der Waals surface area (Å²) in [6.07, 6.45) is 2.05. The molecule has 0 bridgehead atoms. The maximum absolute atomic E-state index is 5.75. The lowest BCUT2D eigenvalue weighted by molar-refractivity contribution is 1.35. The Balaban J connectivity index is 2.23. The SMILES string of the molecule is CSc1ccccc1Nc1nc(Cl)cs1. The lowest BCUT2D eigenvalue weighted by Gasteiger charge is -2.06. The lowest BCUT2D eigenvalue weighted by Crippen LogP contribution is -1.90. The molecular formula is C10H9ClN2S2. The molecular weight excluding hydrogens is 248 g/mol. The second-order valence-electron chi connectivity index (χ2n) is 2.80. The zero-order chi connectivity index (χ0) is 10.7. The van der Waals surface area contributed by atoms with E-state index >= 15 is 0 Å². The van der Waals surface area contributed by atoms with Crippen LogP contribution in [0.3, 0.4) is 0 Å². The Kier molecular flexibility index (Phi) is 3.51. The zero-order valence-electron chi connectivity index (χ0n) is 8.03. The van der Waals surface area contributed by atoms with Crippen molar-refractivity contribution >= 4 is 45.5 Å². The summed E-state index contributed by atoms with van der Waals surface area (Å²) >= 11 is 8.96. The van der Waals surface area contributed by atoms with E-state index < -0.39 is 0 Å². The summed E-state index contributed by atoms with van der Waals surface area (Å²) in [7, 11) is 0. The van der Waals surface area contributed by atoms with E-state index in [0.29, 0.717) is 5.15 Å². The molecule has 0 saturated carbocycles. The van der Waals surface area contributed by atoms with Gasteiger partial charge >= 0.3 is 0 Å². The van der Waals surface area contributed by atoms with Gasteiger partial charge < -0.3 is 5.32 Å². The molecule has 1 aromatic carbocycles. The molecule has 0 spiro atoms. The normalized spacial score (nSPS) is 10.3. The molecule has 0 aliphatic carbocycles. The Morgan fingerprint density at radius 2 is 2.20 bits per heavy atom. The van der Waals surface area contributed by atoms with E-state index in [0.717, 1.165) is 10.8 Å². The number of thioether (sulfide) groups is 1. The van der Waals surface area contributed by atoms with Gasteiger partial charge in [-0.15, -0.1) is 23.1 Å². The van der Waals surface area contributed by atoms with Crippen LogP contribution < -0.4 is 5.32 Å². The van der Waals surface area contributed by atoms with Crippen LogP contribution in [0.15, 0.2) is 34.5 Å². The van der Waals surface area contributed by atoms with Crippen LogP contribution in [0.1, 0.15) is 0 Å². The number of rotatable bonds is 3. The van der Waals surface area contributed by atoms with Crippen LogP contribution in [0.5, 0.6) is 0 Å². The minimum atomic E-state index is 0.532. The first-order chi connectivity index (χ1) is 7.29. The molecule has 0 fully saturated rings. The number of nitrogens with zero attached hydrogens (tertiary/aromatic N) is 1. The van der Waals surface area contributed by atoms with Crippen LogP contribution in [-0.4, -0.2) is 11.2 Å². The Morgan fingerprint density at radius 3 is 2.87 bits per heavy atom. The van der Waals surface area contributed by atoms with Crippen LogP contribution in [-0.2, 0) is 0 Å². The molecule has 0 saturated heterocycles. The first kappa shape index (κ1) is 10.8. The molecule has 2 rings (SSSR count). The number of nitrogens with one attached hydrogen (secondary N) is 1. The number of halogens is 1. The number of anilines is 2. The molecule has 0 aliphatic heterocycles. The second kappa shape index (κ2) is 4.88. The van der Waals surface area contributed by atoms with E-state index in [1.54, 1.807) is 11.8 Å². The number of hydrogen-bond donors (Lipinski definition) is 1. The van der Waals surface area contributed by atoms with Gasteiger partial charge in [0, 0.05) is 10.3 Å². The summed E-state index contributed by atoms with van der Waals surface area (Å²) in [5.41, 5.74) is 1.07. The van der Waals surface area contributed by atoms with Crippen molar-refractivity contribution in [3.63, 3.8) is 0 Å². The smallest absolute Gasteiger partial charge is 0.188 e. The van der Waals surface area contributed by atoms with E-state index in [4.69, 9.17) is 11.6 Å². The van der Waals surface area contributed by atoms with Gasteiger partial charge in [-0.05, 0) is 18.4 Å². The molecule has 1 aromatic heterocycles. The molecule has 1 heterocycles. The van der Waals surface area contributed by atoms with E-state index in [1.807, 2.05) is 23.6 Å². The first-order valence-electron chi connectivity index (χ1n) is 4.30. The van der Waals surface area contributed by atoms with Crippen molar-refractivity contribution in [1.29, 1.82) is 0 Å². The summed E-state index contributed by atoms with van der Waals surface area (Å²) in [5.74, 6) is 0. The largest absolute Gasteiger partial charge is 0.331 e. The molecule has 0 radical (unpaired) electrons. The molecule has 0 aliphatic rings. The average Bonchev–Trinajstić information content (AvgIpc) is 2.65. The van der Waals surface area contributed by atoms with E-state index in [2.05, 4.69) is 22.6 Å². The quantitative estimate of drug-likeness (QED) is 0.831. The third-order valence-electron chi connectivity index (χ3n) is 1.82. The van der Waals surface area contributed by atoms with Crippen molar-refractivity contribution in [1.82, 2.24) is 4.98 Å². The molecule has 0 amide bonds. The van der Waals surface area contributed by atoms with Crippen LogP contribution in [0, 0.1) is 0 Å². The average molecular weight is 257 g/mol. The van der Waals surface area contributed by atoms with Crippen LogP contribution in [0.4, 0.5) is 10.8 Å². The predicted molar refractivity (Wildman–Crippen MR) is 68.6 cm³/mol. The Hall–Kier alpha value is -0.710. The van der Waals surface area contributed by atoms with Gasteiger partial charge in [-0.25, -0.2) is 4.98 Å². The zero-order valence-corrected chi connectivity index (χ0v) is 10.4. The van der Waals surface area contributed by atoms with Crippen LogP contribution in [0.25, 0.3) is 0 Å². The van der Waals surface area contributed by atoms with Crippen molar-refractivity contribution in [2.75, 3.05) is 11.6 Å². The Bertz CT molecular complexity index is 456. The van der Waals surface area contributed by atoms with Gasteiger partial charge in [0.15, 0.2) is 5.13 Å². The number of hydrogen-bond acceptors (Lipinski definition) is 4. The van der Waals surface area contributed by atoms with E-state index in [-0.39, 0.29) is 0 Å². The van der Waals surface area contributed by atoms with Crippen molar-refractivity contribution in [3.05, 3.63) is 34.8 Å². The fourth-order valence-electron chi connectivity index (χ4n) is 1.17. The first-order valence-corrected chi connectivity index (χ1v) is 6.79. The topological polar surface area (TPSA) is 24.9 Å². The third-order valence-corrected chi connectivity index (χ3v) is 3.70. The maximum atomic E-state index is 5.75. The second-order valence-corrected chi connectivity index (χ2v) is 4.89. The highest BCUT2D eigenvalue weighted by Crippen LogP contribution is 2.29. The van der Waals surface area contributed by atoms with Gasteiger partial charge in [0.1, 0.15) is 5.15 Å². The van der Waals surface area contributed by atoms with Gasteiger partial charge in [-0.3, -0.25) is 0 Å². The van der Waals surface area contributed by atoms with Gasteiger partial charge in [0.2, 0.25) is 0 Å². The minimum absolute atomic E-state index is 0.532. The van der Waals surface area contributed by atoms with Gasteiger partial charge in [0.05, 0.1) is 5.69 Å². The minimum Gasteiger partial charge on any atom is -0.331 e. The molecule has 2 nitrogen and oxygen atoms in total. The summed E-state index contributed by atoms with van der Waals surface area (Å²) in [6.45, 7) is 0. The van der Waals surface area contributed by atoms with Crippen molar-refractivity contribution in [3.8, 4) is 0 Å². The highest BCUT2D eigenvalue weighted by molar-refractivity contribution is 7.98. The van der Waals surface area contributed by atoms with E-state index in [9.17, 15) is 0 Å². The summed E-state index contributed by atoms with van der Waals surface area (Å²) in [6, 6.07) is 8.12. The number of aromatic nitrogens is 1. The standard InChI is InChI=1S/C10H9ClN2S2/c1-14-8-5-3-2-4-7(8)12-10-13-9(11)6-15-10/h2-6H,1H3,(H,12,13). The summed E-state index contributed by atoms with van der Waals surface area (Å²) in [4.78, 5) is 5.34. The highest BCUT2D eigenvalue weighted by Gasteiger charge is 2.03. The van der Waals surface area contributed by atoms with Crippen molar-refractivity contribution in [2.24, 2.45) is 0 Å². The highest BCUT2D eigenvalue weighted by atomic mass is 35.5. The number of para-hydroxylation sites is 1. The maximum Gasteiger partial charge on any atom is 0.188 e. The van der Waals surface area contributed by atoms with E-state index in [1.165, 1.54) is 16.2 Å². The summed E-state index contributed by atoms with van der Waals surface area (Å²) in [5, 5.41) is 6.41. The fraction of sp³-hybridized carbons (Fsp3) is 0.100. The van der Waals surface area contributed by atoms with Gasteiger partial charge in [-0.2, -0.15) is 0 Å². The fourth-order valence-corrected chi connectivity index (χ4v) is 2.58. The Morgan fingerprint density at radius 1 is 1.40 bits per heavy atom. The van der Waals surface area contributed by atoms with Crippen molar-refractivity contribution in [2.45, 2.75) is 4.90 Å². The molecule has 78 valence electrons. The molecule has 1 N–H and O–H groups in total. The molecule has 15 heavy (non-hydrogen) atoms. The number of thiazole rings is 1. The lowest BCUT2D eigenvalue weighted by atomic mass is 10.3. The molecule has 5 heteroatoms. The van der Waals surface area contributed by atoms with Crippen molar-refractivity contribution < 1.29 is 0 Å². The van der Waals surface area contributed by atoms with Gasteiger partial charge in [0.25, 0.3) is 0 Å². The van der Waals surface area contributed by atoms with Crippen LogP contribution in [0.2, 0.25) is 5.15 Å². The predicted octanol–water partition coefficient (Wildman–Crippen LogP) is 4.26. The van der Waals surface area contributed by atoms with Gasteiger partial charge in [-0.1, -0.05) is 23.7 Å². The van der Waals surface area contributed by atoms with Crippen LogP contribution >= 0.6 is 34.7 Å². The third kappa shape index (κ3) is 2.65.